The van der Waals surface area contributed by atoms with E-state index in [9.17, 15) is 0 Å². The van der Waals surface area contributed by atoms with Gasteiger partial charge in [0.2, 0.25) is 0 Å². The van der Waals surface area contributed by atoms with Gasteiger partial charge in [0.15, 0.2) is 6.10 Å². The van der Waals surface area contributed by atoms with E-state index in [4.69, 9.17) is 14.9 Å². The lowest BCUT2D eigenvalue weighted by Gasteiger charge is -2.16. The molecule has 0 amide bonds. The van der Waals surface area contributed by atoms with Crippen molar-refractivity contribution < 1.29 is 9.15 Å². The minimum absolute atomic E-state index is 0.309. The van der Waals surface area contributed by atoms with Crippen molar-refractivity contribution in [1.29, 1.82) is 0 Å². The molecular formula is C16H16N2O2. The van der Waals surface area contributed by atoms with Gasteiger partial charge in [0.1, 0.15) is 22.8 Å². The summed E-state index contributed by atoms with van der Waals surface area (Å²) in [6.07, 6.45) is 1.44. The number of aromatic nitrogens is 1. The van der Waals surface area contributed by atoms with Gasteiger partial charge in [0.25, 0.3) is 0 Å². The molecule has 3 aromatic rings. The van der Waals surface area contributed by atoms with Crippen molar-refractivity contribution in [1.82, 2.24) is 4.98 Å². The molecule has 0 spiro atoms. The number of furan rings is 1. The third kappa shape index (κ3) is 2.38. The Bertz CT molecular complexity index is 716. The Balaban J connectivity index is 1.95. The summed E-state index contributed by atoms with van der Waals surface area (Å²) in [5.41, 5.74) is 6.63. The Morgan fingerprint density at radius 2 is 2.05 bits per heavy atom. The number of hydrogen-bond acceptors (Lipinski definition) is 4. The van der Waals surface area contributed by atoms with E-state index in [0.29, 0.717) is 12.3 Å². The standard InChI is InChI=1S/C16H16N2O2/c1-11-7-8-13(19-11)15(10-17)20-14-6-2-4-12-5-3-9-18-16(12)14/h2-9,15H,10,17H2,1H3. The predicted octanol–water partition coefficient (Wildman–Crippen LogP) is 3.22. The maximum absolute atomic E-state index is 6.00. The summed E-state index contributed by atoms with van der Waals surface area (Å²) in [7, 11) is 0. The topological polar surface area (TPSA) is 61.3 Å². The fraction of sp³-hybridized carbons (Fsp3) is 0.188. The number of benzene rings is 1. The van der Waals surface area contributed by atoms with Crippen LogP contribution in [0.4, 0.5) is 0 Å². The summed E-state index contributed by atoms with van der Waals surface area (Å²) in [5.74, 6) is 2.30. The summed E-state index contributed by atoms with van der Waals surface area (Å²) in [5, 5.41) is 1.04. The average Bonchev–Trinajstić information content (AvgIpc) is 2.91. The van der Waals surface area contributed by atoms with E-state index < -0.39 is 0 Å². The maximum Gasteiger partial charge on any atom is 0.168 e. The van der Waals surface area contributed by atoms with E-state index in [2.05, 4.69) is 4.98 Å². The first-order valence-corrected chi connectivity index (χ1v) is 6.55. The lowest BCUT2D eigenvalue weighted by atomic mass is 10.2. The number of aryl methyl sites for hydroxylation is 1. The Kier molecular flexibility index (Phi) is 3.39. The van der Waals surface area contributed by atoms with Gasteiger partial charge in [-0.25, -0.2) is 0 Å². The van der Waals surface area contributed by atoms with Crippen LogP contribution >= 0.6 is 0 Å². The second-order valence-corrected chi connectivity index (χ2v) is 4.62. The van der Waals surface area contributed by atoms with Gasteiger partial charge in [-0.05, 0) is 31.2 Å². The Morgan fingerprint density at radius 1 is 1.20 bits per heavy atom. The number of ether oxygens (including phenoxy) is 1. The molecule has 1 aromatic carbocycles. The molecule has 0 saturated heterocycles. The van der Waals surface area contributed by atoms with Crippen molar-refractivity contribution in [2.45, 2.75) is 13.0 Å². The van der Waals surface area contributed by atoms with Crippen LogP contribution < -0.4 is 10.5 Å². The molecule has 102 valence electrons. The minimum Gasteiger partial charge on any atom is -0.479 e. The highest BCUT2D eigenvalue weighted by molar-refractivity contribution is 5.84. The van der Waals surface area contributed by atoms with E-state index >= 15 is 0 Å². The summed E-state index contributed by atoms with van der Waals surface area (Å²) >= 11 is 0. The van der Waals surface area contributed by atoms with E-state index in [0.717, 1.165) is 22.4 Å². The van der Waals surface area contributed by atoms with Gasteiger partial charge in [-0.1, -0.05) is 18.2 Å². The number of nitrogens with two attached hydrogens (primary N) is 1. The molecule has 0 aliphatic carbocycles. The monoisotopic (exact) mass is 268 g/mol. The molecule has 4 heteroatoms. The molecule has 2 N–H and O–H groups in total. The fourth-order valence-electron chi connectivity index (χ4n) is 2.17. The van der Waals surface area contributed by atoms with E-state index in [1.54, 1.807) is 6.20 Å². The van der Waals surface area contributed by atoms with E-state index in [1.165, 1.54) is 0 Å². The van der Waals surface area contributed by atoms with Crippen LogP contribution in [-0.2, 0) is 0 Å². The van der Waals surface area contributed by atoms with Crippen LogP contribution in [0.25, 0.3) is 10.9 Å². The molecule has 4 nitrogen and oxygen atoms in total. The predicted molar refractivity (Wildman–Crippen MR) is 77.6 cm³/mol. The van der Waals surface area contributed by atoms with Crippen molar-refractivity contribution in [2.24, 2.45) is 5.73 Å². The Labute approximate surface area is 117 Å². The molecule has 0 saturated carbocycles. The number of rotatable bonds is 4. The van der Waals surface area contributed by atoms with Crippen LogP contribution in [0.1, 0.15) is 17.6 Å². The van der Waals surface area contributed by atoms with Gasteiger partial charge in [0.05, 0.1) is 0 Å². The molecule has 0 bridgehead atoms. The molecule has 2 heterocycles. The minimum atomic E-state index is -0.309. The van der Waals surface area contributed by atoms with Crippen LogP contribution in [0.15, 0.2) is 53.1 Å². The van der Waals surface area contributed by atoms with Crippen LogP contribution in [-0.4, -0.2) is 11.5 Å². The number of nitrogens with zero attached hydrogens (tertiary/aromatic N) is 1. The van der Waals surface area contributed by atoms with Crippen LogP contribution in [0, 0.1) is 6.92 Å². The third-order valence-corrected chi connectivity index (χ3v) is 3.16. The molecule has 3 rings (SSSR count). The maximum atomic E-state index is 6.00. The normalized spacial score (nSPS) is 12.5. The van der Waals surface area contributed by atoms with Gasteiger partial charge in [-0.3, -0.25) is 4.98 Å². The van der Waals surface area contributed by atoms with Crippen LogP contribution in [0.5, 0.6) is 5.75 Å². The zero-order valence-electron chi connectivity index (χ0n) is 11.2. The second-order valence-electron chi connectivity index (χ2n) is 4.62. The van der Waals surface area contributed by atoms with Gasteiger partial charge in [0, 0.05) is 18.1 Å². The number of para-hydroxylation sites is 1. The van der Waals surface area contributed by atoms with Gasteiger partial charge in [-0.2, -0.15) is 0 Å². The molecule has 1 atom stereocenters. The molecule has 0 radical (unpaired) electrons. The Hall–Kier alpha value is -2.33. The molecule has 0 aliphatic rings. The molecule has 20 heavy (non-hydrogen) atoms. The smallest absolute Gasteiger partial charge is 0.168 e. The van der Waals surface area contributed by atoms with Crippen LogP contribution in [0.2, 0.25) is 0 Å². The van der Waals surface area contributed by atoms with Gasteiger partial charge in [-0.15, -0.1) is 0 Å². The quantitative estimate of drug-likeness (QED) is 0.789. The second kappa shape index (κ2) is 5.35. The molecule has 0 aliphatic heterocycles. The largest absolute Gasteiger partial charge is 0.479 e. The number of fused-ring (bicyclic) bond motifs is 1. The number of pyridine rings is 1. The first-order valence-electron chi connectivity index (χ1n) is 6.55. The zero-order chi connectivity index (χ0) is 13.9. The highest BCUT2D eigenvalue weighted by atomic mass is 16.5. The van der Waals surface area contributed by atoms with Crippen molar-refractivity contribution >= 4 is 10.9 Å². The Morgan fingerprint density at radius 3 is 2.80 bits per heavy atom. The molecule has 2 aromatic heterocycles. The van der Waals surface area contributed by atoms with Crippen molar-refractivity contribution in [3.63, 3.8) is 0 Å². The molecular weight excluding hydrogens is 252 g/mol. The molecule has 1 unspecified atom stereocenters. The van der Waals surface area contributed by atoms with Crippen molar-refractivity contribution in [3.8, 4) is 5.75 Å². The highest BCUT2D eigenvalue weighted by Gasteiger charge is 2.16. The highest BCUT2D eigenvalue weighted by Crippen LogP contribution is 2.28. The SMILES string of the molecule is Cc1ccc(C(CN)Oc2cccc3cccnc23)o1. The van der Waals surface area contributed by atoms with Crippen molar-refractivity contribution in [2.75, 3.05) is 6.54 Å². The van der Waals surface area contributed by atoms with E-state index in [1.807, 2.05) is 49.4 Å². The zero-order valence-corrected chi connectivity index (χ0v) is 11.2. The third-order valence-electron chi connectivity index (χ3n) is 3.16. The fourth-order valence-corrected chi connectivity index (χ4v) is 2.17. The summed E-state index contributed by atoms with van der Waals surface area (Å²) in [4.78, 5) is 4.37. The summed E-state index contributed by atoms with van der Waals surface area (Å²) < 4.78 is 11.6. The van der Waals surface area contributed by atoms with Gasteiger partial charge < -0.3 is 14.9 Å². The first kappa shape index (κ1) is 12.7. The van der Waals surface area contributed by atoms with Crippen molar-refractivity contribution in [3.05, 3.63) is 60.2 Å². The summed E-state index contributed by atoms with van der Waals surface area (Å²) in [6.45, 7) is 2.24. The first-order chi connectivity index (χ1) is 9.78. The number of hydrogen-bond donors (Lipinski definition) is 1. The molecule has 0 fully saturated rings. The lowest BCUT2D eigenvalue weighted by molar-refractivity contribution is 0.184. The summed E-state index contributed by atoms with van der Waals surface area (Å²) in [6, 6.07) is 13.6. The van der Waals surface area contributed by atoms with Gasteiger partial charge >= 0.3 is 0 Å². The van der Waals surface area contributed by atoms with E-state index in [-0.39, 0.29) is 6.10 Å². The average molecular weight is 268 g/mol. The lowest BCUT2D eigenvalue weighted by Crippen LogP contribution is -2.18. The van der Waals surface area contributed by atoms with Crippen LogP contribution in [0.3, 0.4) is 0 Å².